The Morgan fingerprint density at radius 2 is 1.89 bits per heavy atom. The highest BCUT2D eigenvalue weighted by Gasteiger charge is 2.23. The van der Waals surface area contributed by atoms with Crippen molar-refractivity contribution in [1.82, 2.24) is 0 Å². The van der Waals surface area contributed by atoms with E-state index in [2.05, 4.69) is 0 Å². The third-order valence-corrected chi connectivity index (χ3v) is 3.42. The predicted octanol–water partition coefficient (Wildman–Crippen LogP) is 1.49. The molecule has 7 nitrogen and oxygen atoms in total. The first-order chi connectivity index (χ1) is 8.88. The number of rotatable bonds is 7. The van der Waals surface area contributed by atoms with Crippen LogP contribution in [0.4, 0.5) is 0 Å². The summed E-state index contributed by atoms with van der Waals surface area (Å²) in [7, 11) is -1.18. The molecule has 0 amide bonds. The number of aliphatic carboxylic acids is 1. The van der Waals surface area contributed by atoms with E-state index in [0.29, 0.717) is 17.1 Å². The summed E-state index contributed by atoms with van der Waals surface area (Å²) in [6.07, 6.45) is -0.930. The van der Waals surface area contributed by atoms with Crippen molar-refractivity contribution < 1.29 is 33.4 Å². The Hall–Kier alpha value is -1.56. The molecule has 0 saturated carbocycles. The molecule has 0 aliphatic rings. The second-order valence-electron chi connectivity index (χ2n) is 3.65. The molecule has 0 aromatic heterocycles. The SMILES string of the molecule is COc1ccc(COP(=O)(O)CC(=O)O)cc1OC. The van der Waals surface area contributed by atoms with Gasteiger partial charge in [-0.15, -0.1) is 0 Å². The van der Waals surface area contributed by atoms with Crippen LogP contribution in [-0.4, -0.2) is 36.4 Å². The van der Waals surface area contributed by atoms with Crippen LogP contribution >= 0.6 is 7.60 Å². The highest BCUT2D eigenvalue weighted by molar-refractivity contribution is 7.53. The van der Waals surface area contributed by atoms with Gasteiger partial charge in [0.05, 0.1) is 20.8 Å². The molecule has 0 bridgehead atoms. The van der Waals surface area contributed by atoms with Crippen molar-refractivity contribution in [3.05, 3.63) is 23.8 Å². The molecule has 0 fully saturated rings. The first-order valence-electron chi connectivity index (χ1n) is 5.27. The van der Waals surface area contributed by atoms with E-state index in [1.807, 2.05) is 0 Å². The Balaban J connectivity index is 2.73. The van der Waals surface area contributed by atoms with Crippen LogP contribution in [0.2, 0.25) is 0 Å². The molecule has 0 heterocycles. The minimum Gasteiger partial charge on any atom is -0.493 e. The highest BCUT2D eigenvalue weighted by atomic mass is 31.2. The molecule has 106 valence electrons. The number of methoxy groups -OCH3 is 2. The Labute approximate surface area is 110 Å². The predicted molar refractivity (Wildman–Crippen MR) is 66.7 cm³/mol. The van der Waals surface area contributed by atoms with E-state index in [9.17, 15) is 14.3 Å². The summed E-state index contributed by atoms with van der Waals surface area (Å²) in [5.41, 5.74) is 0.567. The minimum atomic E-state index is -4.13. The van der Waals surface area contributed by atoms with Gasteiger partial charge in [-0.05, 0) is 17.7 Å². The summed E-state index contributed by atoms with van der Waals surface area (Å²) < 4.78 is 26.2. The molecule has 1 aromatic carbocycles. The number of hydrogen-bond donors (Lipinski definition) is 2. The van der Waals surface area contributed by atoms with Crippen molar-refractivity contribution in [3.8, 4) is 11.5 Å². The van der Waals surface area contributed by atoms with Gasteiger partial charge in [0.25, 0.3) is 0 Å². The lowest BCUT2D eigenvalue weighted by atomic mass is 10.2. The second kappa shape index (κ2) is 6.56. The largest absolute Gasteiger partial charge is 0.493 e. The summed E-state index contributed by atoms with van der Waals surface area (Å²) in [6.45, 7) is -0.193. The van der Waals surface area contributed by atoms with Crippen molar-refractivity contribution in [1.29, 1.82) is 0 Å². The summed E-state index contributed by atoms with van der Waals surface area (Å²) >= 11 is 0. The van der Waals surface area contributed by atoms with Crippen molar-refractivity contribution in [2.45, 2.75) is 6.61 Å². The number of ether oxygens (including phenoxy) is 2. The van der Waals surface area contributed by atoms with Crippen LogP contribution in [-0.2, 0) is 20.5 Å². The van der Waals surface area contributed by atoms with Crippen LogP contribution in [0.25, 0.3) is 0 Å². The van der Waals surface area contributed by atoms with Gasteiger partial charge in [0.2, 0.25) is 0 Å². The Morgan fingerprint density at radius 1 is 1.26 bits per heavy atom. The summed E-state index contributed by atoms with van der Waals surface area (Å²) in [5.74, 6) is -0.420. The van der Waals surface area contributed by atoms with Gasteiger partial charge in [-0.3, -0.25) is 9.36 Å². The van der Waals surface area contributed by atoms with Gasteiger partial charge in [0, 0.05) is 0 Å². The van der Waals surface area contributed by atoms with Crippen LogP contribution in [0.3, 0.4) is 0 Å². The van der Waals surface area contributed by atoms with Crippen LogP contribution < -0.4 is 9.47 Å². The molecule has 1 atom stereocenters. The van der Waals surface area contributed by atoms with Gasteiger partial charge in [0.15, 0.2) is 11.5 Å². The lowest BCUT2D eigenvalue weighted by Crippen LogP contribution is -2.05. The van der Waals surface area contributed by atoms with E-state index in [1.54, 1.807) is 18.2 Å². The normalized spacial score (nSPS) is 13.6. The smallest absolute Gasteiger partial charge is 0.339 e. The topological polar surface area (TPSA) is 102 Å². The van der Waals surface area contributed by atoms with Crippen molar-refractivity contribution in [2.75, 3.05) is 20.4 Å². The van der Waals surface area contributed by atoms with E-state index >= 15 is 0 Å². The molecule has 8 heteroatoms. The fourth-order valence-corrected chi connectivity index (χ4v) is 2.15. The third kappa shape index (κ3) is 4.90. The Kier molecular flexibility index (Phi) is 5.35. The van der Waals surface area contributed by atoms with Crippen LogP contribution in [0, 0.1) is 0 Å². The number of hydrogen-bond acceptors (Lipinski definition) is 5. The molecule has 0 spiro atoms. The standard InChI is InChI=1S/C11H15O7P/c1-16-9-4-3-8(5-10(9)17-2)6-18-19(14,15)7-11(12)13/h3-5H,6-7H2,1-2H3,(H,12,13)(H,14,15). The molecule has 0 radical (unpaired) electrons. The first-order valence-corrected chi connectivity index (χ1v) is 7.03. The first kappa shape index (κ1) is 15.5. The van der Waals surface area contributed by atoms with Gasteiger partial charge in [-0.25, -0.2) is 0 Å². The zero-order valence-electron chi connectivity index (χ0n) is 10.5. The molecule has 1 rings (SSSR count). The summed E-state index contributed by atoms with van der Waals surface area (Å²) in [5, 5.41) is 8.45. The maximum absolute atomic E-state index is 11.4. The number of benzene rings is 1. The number of carboxylic acid groups (broad SMARTS) is 1. The molecule has 0 aliphatic carbocycles. The molecule has 0 saturated heterocycles. The van der Waals surface area contributed by atoms with E-state index in [4.69, 9.17) is 19.1 Å². The number of carboxylic acids is 1. The van der Waals surface area contributed by atoms with E-state index in [-0.39, 0.29) is 6.61 Å². The van der Waals surface area contributed by atoms with Gasteiger partial charge in [-0.1, -0.05) is 6.07 Å². The monoisotopic (exact) mass is 290 g/mol. The van der Waals surface area contributed by atoms with Gasteiger partial charge < -0.3 is 24.0 Å². The second-order valence-corrected chi connectivity index (χ2v) is 5.50. The molecule has 0 aliphatic heterocycles. The van der Waals surface area contributed by atoms with Crippen molar-refractivity contribution in [3.63, 3.8) is 0 Å². The number of carbonyl (C=O) groups is 1. The van der Waals surface area contributed by atoms with Crippen molar-refractivity contribution >= 4 is 13.6 Å². The summed E-state index contributed by atoms with van der Waals surface area (Å²) in [6, 6.07) is 4.83. The summed E-state index contributed by atoms with van der Waals surface area (Å²) in [4.78, 5) is 19.6. The molecular formula is C11H15O7P. The molecular weight excluding hydrogens is 275 g/mol. The van der Waals surface area contributed by atoms with Gasteiger partial charge in [0.1, 0.15) is 6.16 Å². The fraction of sp³-hybridized carbons (Fsp3) is 0.364. The van der Waals surface area contributed by atoms with E-state index in [0.717, 1.165) is 0 Å². The Bertz CT molecular complexity index is 500. The Morgan fingerprint density at radius 3 is 2.42 bits per heavy atom. The minimum absolute atomic E-state index is 0.193. The maximum Gasteiger partial charge on any atom is 0.339 e. The molecule has 19 heavy (non-hydrogen) atoms. The highest BCUT2D eigenvalue weighted by Crippen LogP contribution is 2.42. The lowest BCUT2D eigenvalue weighted by Gasteiger charge is -2.12. The zero-order valence-corrected chi connectivity index (χ0v) is 11.4. The fourth-order valence-electron chi connectivity index (χ4n) is 1.36. The maximum atomic E-state index is 11.4. The van der Waals surface area contributed by atoms with E-state index < -0.39 is 19.7 Å². The lowest BCUT2D eigenvalue weighted by molar-refractivity contribution is -0.134. The average Bonchev–Trinajstić information content (AvgIpc) is 2.34. The van der Waals surface area contributed by atoms with Crippen LogP contribution in [0.1, 0.15) is 5.56 Å². The van der Waals surface area contributed by atoms with Gasteiger partial charge >= 0.3 is 13.6 Å². The average molecular weight is 290 g/mol. The van der Waals surface area contributed by atoms with Crippen LogP contribution in [0.15, 0.2) is 18.2 Å². The molecule has 1 unspecified atom stereocenters. The van der Waals surface area contributed by atoms with Crippen LogP contribution in [0.5, 0.6) is 11.5 Å². The molecule has 1 aromatic rings. The third-order valence-electron chi connectivity index (χ3n) is 2.22. The van der Waals surface area contributed by atoms with E-state index in [1.165, 1.54) is 14.2 Å². The van der Waals surface area contributed by atoms with Crippen molar-refractivity contribution in [2.24, 2.45) is 0 Å². The zero-order chi connectivity index (χ0) is 14.5. The quantitative estimate of drug-likeness (QED) is 0.733. The van der Waals surface area contributed by atoms with Gasteiger partial charge in [-0.2, -0.15) is 0 Å². The molecule has 2 N–H and O–H groups in total.